The molecule has 11 aromatic rings. The molecular formula is C80H102N4S5. The predicted molar refractivity (Wildman–Crippen MR) is 400 cm³/mol. The van der Waals surface area contributed by atoms with Gasteiger partial charge in [-0.15, -0.1) is 34.0 Å². The molecule has 2 atom stereocenters. The molecule has 472 valence electrons. The first-order chi connectivity index (χ1) is 43.8. The minimum absolute atomic E-state index is 0.635. The van der Waals surface area contributed by atoms with Gasteiger partial charge >= 0.3 is 0 Å². The van der Waals surface area contributed by atoms with Crippen LogP contribution in [0.25, 0.3) is 106 Å². The van der Waals surface area contributed by atoms with Gasteiger partial charge in [0.1, 0.15) is 22.1 Å². The van der Waals surface area contributed by atoms with Crippen molar-refractivity contribution in [2.45, 2.75) is 260 Å². The van der Waals surface area contributed by atoms with Gasteiger partial charge in [0.15, 0.2) is 0 Å². The Morgan fingerprint density at radius 3 is 1.20 bits per heavy atom. The van der Waals surface area contributed by atoms with E-state index in [9.17, 15) is 0 Å². The van der Waals surface area contributed by atoms with E-state index in [1.54, 1.807) is 0 Å². The summed E-state index contributed by atoms with van der Waals surface area (Å²) in [5.41, 5.74) is 12.1. The fourth-order valence-corrected chi connectivity index (χ4v) is 19.6. The van der Waals surface area contributed by atoms with E-state index in [1.807, 2.05) is 34.0 Å². The quantitative estimate of drug-likeness (QED) is 0.0360. The maximum Gasteiger partial charge on any atom is 0.114 e. The van der Waals surface area contributed by atoms with Gasteiger partial charge < -0.3 is 0 Å². The Balaban J connectivity index is 0.954. The van der Waals surface area contributed by atoms with Crippen LogP contribution in [0.5, 0.6) is 0 Å². The summed E-state index contributed by atoms with van der Waals surface area (Å²) in [4.78, 5) is 5.46. The summed E-state index contributed by atoms with van der Waals surface area (Å²) >= 11 is 8.65. The van der Waals surface area contributed by atoms with Crippen molar-refractivity contribution in [2.24, 2.45) is 11.8 Å². The zero-order valence-corrected chi connectivity index (χ0v) is 59.2. The van der Waals surface area contributed by atoms with Crippen LogP contribution in [-0.4, -0.2) is 17.5 Å². The largest absolute Gasteiger partial charge is 0.172 e. The molecule has 0 bridgehead atoms. The Morgan fingerprint density at radius 1 is 0.337 bits per heavy atom. The monoisotopic (exact) mass is 1280 g/mol. The van der Waals surface area contributed by atoms with Gasteiger partial charge in [-0.25, -0.2) is 0 Å². The highest BCUT2D eigenvalue weighted by molar-refractivity contribution is 7.27. The molecule has 0 aliphatic rings. The van der Waals surface area contributed by atoms with Crippen LogP contribution >= 0.6 is 57.5 Å². The number of unbranched alkanes of at least 4 members (excludes halogenated alkanes) is 24. The summed E-state index contributed by atoms with van der Waals surface area (Å²) in [6.45, 7) is 13.8. The molecule has 0 saturated heterocycles. The Kier molecular flexibility index (Phi) is 24.6. The van der Waals surface area contributed by atoms with E-state index in [4.69, 9.17) is 17.5 Å². The lowest BCUT2D eigenvalue weighted by molar-refractivity contribution is 0.401. The molecule has 0 saturated carbocycles. The summed E-state index contributed by atoms with van der Waals surface area (Å²) in [6.07, 6.45) is 45.6. The van der Waals surface area contributed by atoms with E-state index in [0.29, 0.717) is 11.8 Å². The Morgan fingerprint density at radius 2 is 0.730 bits per heavy atom. The normalized spacial score (nSPS) is 12.9. The number of hydrogen-bond acceptors (Lipinski definition) is 9. The van der Waals surface area contributed by atoms with Crippen molar-refractivity contribution in [1.82, 2.24) is 17.5 Å². The Bertz CT molecular complexity index is 4020. The zero-order chi connectivity index (χ0) is 61.3. The van der Waals surface area contributed by atoms with Gasteiger partial charge in [0.05, 0.1) is 23.5 Å². The summed E-state index contributed by atoms with van der Waals surface area (Å²) in [5.74, 6) is 1.33. The fraction of sp³-hybridized carbons (Fsp3) is 0.525. The van der Waals surface area contributed by atoms with Crippen LogP contribution in [0.4, 0.5) is 0 Å². The van der Waals surface area contributed by atoms with Gasteiger partial charge in [-0.1, -0.05) is 293 Å². The highest BCUT2D eigenvalue weighted by atomic mass is 32.1. The maximum atomic E-state index is 5.29. The summed E-state index contributed by atoms with van der Waals surface area (Å²) in [6, 6.07) is 33.7. The first kappa shape index (κ1) is 65.8. The number of thiophene rings is 3. The SMILES string of the molecule is CCCCCCCCCCC(CCCCCCCC)Cc1cc(C)sc1-c1cc2c(cc(-c3sc(-c4ccc5c(ccc6c7ccc8cc(C)ccc8c7sc56)c4)cc3CC(CCCCCCCC)CCCCCCCCCC)c3nsnc32)c2nsnc12. The molecule has 0 aliphatic heterocycles. The number of rotatable bonds is 39. The van der Waals surface area contributed by atoms with E-state index in [-0.39, 0.29) is 0 Å². The third-order valence-corrected chi connectivity index (χ3v) is 24.6. The number of benzene rings is 6. The number of fused-ring (bicyclic) bond motifs is 12. The van der Waals surface area contributed by atoms with E-state index < -0.39 is 0 Å². The zero-order valence-electron chi connectivity index (χ0n) is 55.1. The number of aromatic nitrogens is 4. The van der Waals surface area contributed by atoms with E-state index in [0.717, 1.165) is 45.7 Å². The van der Waals surface area contributed by atoms with Crippen LogP contribution in [0, 0.1) is 25.7 Å². The standard InChI is InChI=1S/C80H102N4S5/c1-7-11-15-19-23-25-29-33-36-57(35-31-27-21-17-13-9-3)49-62-48-56(6)85-77(62)70-53-68-69(73-75(70)83-88-81-73)54-71(76-74(68)82-89-84-76)78-63(50-58(37-32-28-22-18-14-10-4)38-34-30-26-24-20-16-12-8-2)52-72(86-78)61-42-44-65-60(51-61)41-46-67-66-45-40-59-47-55(5)39-43-64(59)79(66)87-80(65)67/h39-48,51-54,57-58H,7-38,49-50H2,1-6H3. The lowest BCUT2D eigenvalue weighted by Crippen LogP contribution is -2.06. The topological polar surface area (TPSA) is 51.6 Å². The molecule has 9 heteroatoms. The van der Waals surface area contributed by atoms with Crippen LogP contribution < -0.4 is 0 Å². The van der Waals surface area contributed by atoms with Gasteiger partial charge in [-0.3, -0.25) is 0 Å². The average molecular weight is 1280 g/mol. The molecule has 0 N–H and O–H groups in total. The van der Waals surface area contributed by atoms with Crippen LogP contribution in [0.1, 0.15) is 255 Å². The van der Waals surface area contributed by atoms with Crippen molar-refractivity contribution in [3.05, 3.63) is 106 Å². The average Bonchev–Trinajstić information content (AvgIpc) is 1.67. The third-order valence-electron chi connectivity index (χ3n) is 19.9. The molecule has 6 aromatic carbocycles. The molecule has 89 heavy (non-hydrogen) atoms. The molecule has 2 unspecified atom stereocenters. The van der Waals surface area contributed by atoms with Gasteiger partial charge in [0, 0.05) is 61.6 Å². The Labute approximate surface area is 554 Å². The molecule has 0 amide bonds. The van der Waals surface area contributed by atoms with Crippen LogP contribution in [0.2, 0.25) is 0 Å². The lowest BCUT2D eigenvalue weighted by Gasteiger charge is -2.18. The third kappa shape index (κ3) is 16.4. The van der Waals surface area contributed by atoms with Crippen molar-refractivity contribution < 1.29 is 0 Å². The second-order valence-corrected chi connectivity index (χ2v) is 31.4. The highest BCUT2D eigenvalue weighted by Crippen LogP contribution is 2.49. The number of aryl methyl sites for hydroxylation is 2. The minimum atomic E-state index is 0.635. The van der Waals surface area contributed by atoms with Crippen LogP contribution in [0.15, 0.2) is 84.9 Å². The van der Waals surface area contributed by atoms with E-state index in [2.05, 4.69) is 126 Å². The molecule has 0 fully saturated rings. The highest BCUT2D eigenvalue weighted by Gasteiger charge is 2.26. The van der Waals surface area contributed by atoms with Crippen molar-refractivity contribution >= 4 is 132 Å². The number of hydrogen-bond donors (Lipinski definition) is 0. The molecule has 4 nitrogen and oxygen atoms in total. The van der Waals surface area contributed by atoms with Crippen molar-refractivity contribution in [3.8, 4) is 31.3 Å². The molecule has 5 aromatic heterocycles. The van der Waals surface area contributed by atoms with Gasteiger partial charge in [0.2, 0.25) is 0 Å². The minimum Gasteiger partial charge on any atom is -0.172 e. The Hall–Kier alpha value is -4.64. The first-order valence-corrected chi connectivity index (χ1v) is 39.6. The summed E-state index contributed by atoms with van der Waals surface area (Å²) in [7, 11) is 0. The molecule has 0 aliphatic carbocycles. The molecular weight excluding hydrogens is 1180 g/mol. The van der Waals surface area contributed by atoms with E-state index in [1.165, 1.54) is 324 Å². The fourth-order valence-electron chi connectivity index (χ4n) is 14.8. The maximum absolute atomic E-state index is 5.29. The number of nitrogens with zero attached hydrogens (tertiary/aromatic N) is 4. The predicted octanol–water partition coefficient (Wildman–Crippen LogP) is 28.1. The van der Waals surface area contributed by atoms with Gasteiger partial charge in [-0.05, 0) is 107 Å². The molecule has 5 heterocycles. The molecule has 0 spiro atoms. The van der Waals surface area contributed by atoms with E-state index >= 15 is 0 Å². The van der Waals surface area contributed by atoms with Gasteiger partial charge in [-0.2, -0.15) is 17.5 Å². The summed E-state index contributed by atoms with van der Waals surface area (Å²) in [5, 5.41) is 10.4. The first-order valence-electron chi connectivity index (χ1n) is 35.7. The molecule has 11 rings (SSSR count). The second-order valence-electron chi connectivity index (χ2n) is 27.0. The van der Waals surface area contributed by atoms with Crippen molar-refractivity contribution in [2.75, 3.05) is 0 Å². The van der Waals surface area contributed by atoms with Crippen LogP contribution in [0.3, 0.4) is 0 Å². The summed E-state index contributed by atoms with van der Waals surface area (Å²) < 4.78 is 23.8. The smallest absolute Gasteiger partial charge is 0.114 e. The van der Waals surface area contributed by atoms with Crippen molar-refractivity contribution in [3.63, 3.8) is 0 Å². The lowest BCUT2D eigenvalue weighted by atomic mass is 9.87. The van der Waals surface area contributed by atoms with Crippen molar-refractivity contribution in [1.29, 1.82) is 0 Å². The molecule has 0 radical (unpaired) electrons. The van der Waals surface area contributed by atoms with Crippen LogP contribution in [-0.2, 0) is 12.8 Å². The second kappa shape index (κ2) is 33.3. The van der Waals surface area contributed by atoms with Gasteiger partial charge in [0.25, 0.3) is 0 Å².